The highest BCUT2D eigenvalue weighted by Crippen LogP contribution is 2.29. The highest BCUT2D eigenvalue weighted by molar-refractivity contribution is 6.43. The summed E-state index contributed by atoms with van der Waals surface area (Å²) in [6.07, 6.45) is 2.41. The van der Waals surface area contributed by atoms with E-state index in [1.165, 1.54) is 12.1 Å². The number of nitrogen functional groups attached to an aromatic ring is 1. The van der Waals surface area contributed by atoms with Crippen LogP contribution >= 0.6 is 23.2 Å². The fraction of sp³-hybridized carbons (Fsp3) is 0.429. The fourth-order valence-electron chi connectivity index (χ4n) is 2.25. The van der Waals surface area contributed by atoms with Crippen LogP contribution in [0, 0.1) is 0 Å². The zero-order valence-corrected chi connectivity index (χ0v) is 13.0. The summed E-state index contributed by atoms with van der Waals surface area (Å²) in [6, 6.07) is 2.92. The van der Waals surface area contributed by atoms with Crippen molar-refractivity contribution in [3.05, 3.63) is 27.7 Å². The lowest BCUT2D eigenvalue weighted by Gasteiger charge is -2.15. The number of hydrogen-bond acceptors (Lipinski definition) is 3. The van der Waals surface area contributed by atoms with Gasteiger partial charge in [-0.3, -0.25) is 9.59 Å². The van der Waals surface area contributed by atoms with Gasteiger partial charge in [-0.15, -0.1) is 0 Å². The minimum atomic E-state index is -0.325. The number of nitrogens with zero attached hydrogens (tertiary/aromatic N) is 1. The third-order valence-corrected chi connectivity index (χ3v) is 4.22. The molecule has 0 bridgehead atoms. The van der Waals surface area contributed by atoms with Crippen molar-refractivity contribution in [2.24, 2.45) is 0 Å². The van der Waals surface area contributed by atoms with Gasteiger partial charge in [-0.25, -0.2) is 0 Å². The van der Waals surface area contributed by atoms with Crippen molar-refractivity contribution >= 4 is 40.7 Å². The maximum atomic E-state index is 12.0. The Morgan fingerprint density at radius 2 is 1.90 bits per heavy atom. The average Bonchev–Trinajstić information content (AvgIpc) is 2.98. The molecule has 1 aliphatic heterocycles. The van der Waals surface area contributed by atoms with Gasteiger partial charge in [0.15, 0.2) is 0 Å². The lowest BCUT2D eigenvalue weighted by Crippen LogP contribution is -2.32. The smallest absolute Gasteiger partial charge is 0.251 e. The first-order chi connectivity index (χ1) is 9.99. The van der Waals surface area contributed by atoms with Crippen molar-refractivity contribution < 1.29 is 9.59 Å². The summed E-state index contributed by atoms with van der Waals surface area (Å²) in [5, 5.41) is 3.15. The van der Waals surface area contributed by atoms with E-state index in [1.54, 1.807) is 0 Å². The number of carbonyl (C=O) groups is 2. The van der Waals surface area contributed by atoms with Gasteiger partial charge in [0.2, 0.25) is 5.91 Å². The molecular formula is C14H17Cl2N3O2. The van der Waals surface area contributed by atoms with E-state index >= 15 is 0 Å². The monoisotopic (exact) mass is 329 g/mol. The summed E-state index contributed by atoms with van der Waals surface area (Å²) < 4.78 is 0. The molecule has 1 heterocycles. The first-order valence-corrected chi connectivity index (χ1v) is 7.55. The van der Waals surface area contributed by atoms with Gasteiger partial charge in [0.1, 0.15) is 0 Å². The summed E-state index contributed by atoms with van der Waals surface area (Å²) in [4.78, 5) is 25.6. The molecular weight excluding hydrogens is 313 g/mol. The molecule has 2 amide bonds. The van der Waals surface area contributed by atoms with Crippen LogP contribution in [0.15, 0.2) is 12.1 Å². The molecule has 1 aliphatic rings. The summed E-state index contributed by atoms with van der Waals surface area (Å²) in [6.45, 7) is 1.92. The Bertz CT molecular complexity index is 534. The molecule has 0 unspecified atom stereocenters. The molecule has 0 atom stereocenters. The summed E-state index contributed by atoms with van der Waals surface area (Å²) in [5.41, 5.74) is 6.24. The van der Waals surface area contributed by atoms with Gasteiger partial charge in [-0.05, 0) is 25.0 Å². The molecule has 5 nitrogen and oxygen atoms in total. The summed E-state index contributed by atoms with van der Waals surface area (Å²) in [5.74, 6) is -0.254. The second-order valence-corrected chi connectivity index (χ2v) is 5.74. The summed E-state index contributed by atoms with van der Waals surface area (Å²) >= 11 is 11.7. The Morgan fingerprint density at radius 3 is 2.52 bits per heavy atom. The summed E-state index contributed by atoms with van der Waals surface area (Å²) in [7, 11) is 0. The predicted molar refractivity (Wildman–Crippen MR) is 83.6 cm³/mol. The zero-order chi connectivity index (χ0) is 15.4. The van der Waals surface area contributed by atoms with Gasteiger partial charge in [0, 0.05) is 31.6 Å². The van der Waals surface area contributed by atoms with E-state index in [2.05, 4.69) is 5.32 Å². The van der Waals surface area contributed by atoms with Crippen molar-refractivity contribution in [3.63, 3.8) is 0 Å². The van der Waals surface area contributed by atoms with E-state index in [1.807, 2.05) is 4.90 Å². The van der Waals surface area contributed by atoms with Crippen LogP contribution in [0.4, 0.5) is 5.69 Å². The lowest BCUT2D eigenvalue weighted by atomic mass is 10.2. The minimum Gasteiger partial charge on any atom is -0.397 e. The number of rotatable bonds is 4. The van der Waals surface area contributed by atoms with Gasteiger partial charge in [0.25, 0.3) is 5.91 Å². The molecule has 2 rings (SSSR count). The average molecular weight is 330 g/mol. The van der Waals surface area contributed by atoms with Crippen LogP contribution in [0.5, 0.6) is 0 Å². The number of amides is 2. The van der Waals surface area contributed by atoms with Crippen LogP contribution in [0.25, 0.3) is 0 Å². The highest BCUT2D eigenvalue weighted by Gasteiger charge is 2.18. The van der Waals surface area contributed by atoms with Gasteiger partial charge >= 0.3 is 0 Å². The number of halogens is 2. The van der Waals surface area contributed by atoms with Gasteiger partial charge in [0.05, 0.1) is 15.7 Å². The number of likely N-dealkylation sites (tertiary alicyclic amines) is 1. The molecule has 0 saturated carbocycles. The van der Waals surface area contributed by atoms with E-state index in [0.717, 1.165) is 25.9 Å². The van der Waals surface area contributed by atoms with Crippen LogP contribution in [0.2, 0.25) is 10.0 Å². The maximum absolute atomic E-state index is 12.0. The largest absolute Gasteiger partial charge is 0.397 e. The Kier molecular flexibility index (Phi) is 5.31. The molecule has 21 heavy (non-hydrogen) atoms. The minimum absolute atomic E-state index is 0.0708. The predicted octanol–water partition coefficient (Wildman–Crippen LogP) is 2.32. The van der Waals surface area contributed by atoms with Crippen LogP contribution in [-0.2, 0) is 4.79 Å². The van der Waals surface area contributed by atoms with Crippen LogP contribution in [-0.4, -0.2) is 36.3 Å². The SMILES string of the molecule is Nc1cc(C(=O)NCCC(=O)N2CCCC2)cc(Cl)c1Cl. The maximum Gasteiger partial charge on any atom is 0.251 e. The molecule has 0 aromatic heterocycles. The number of benzene rings is 1. The molecule has 0 aliphatic carbocycles. The van der Waals surface area contributed by atoms with E-state index in [9.17, 15) is 9.59 Å². The van der Waals surface area contributed by atoms with Crippen molar-refractivity contribution in [1.29, 1.82) is 0 Å². The van der Waals surface area contributed by atoms with E-state index in [-0.39, 0.29) is 34.1 Å². The molecule has 1 aromatic carbocycles. The number of nitrogens with two attached hydrogens (primary N) is 1. The van der Waals surface area contributed by atoms with E-state index < -0.39 is 0 Å². The second kappa shape index (κ2) is 7.00. The van der Waals surface area contributed by atoms with Crippen molar-refractivity contribution in [3.8, 4) is 0 Å². The Morgan fingerprint density at radius 1 is 1.24 bits per heavy atom. The lowest BCUT2D eigenvalue weighted by molar-refractivity contribution is -0.129. The molecule has 0 spiro atoms. The van der Waals surface area contributed by atoms with Crippen LogP contribution in [0.1, 0.15) is 29.6 Å². The molecule has 1 aromatic rings. The third-order valence-electron chi connectivity index (χ3n) is 3.40. The second-order valence-electron chi connectivity index (χ2n) is 4.96. The first-order valence-electron chi connectivity index (χ1n) is 6.79. The quantitative estimate of drug-likeness (QED) is 0.832. The Labute approximate surface area is 133 Å². The number of hydrogen-bond donors (Lipinski definition) is 2. The molecule has 7 heteroatoms. The van der Waals surface area contributed by atoms with E-state index in [4.69, 9.17) is 28.9 Å². The molecule has 3 N–H and O–H groups in total. The fourth-order valence-corrected chi connectivity index (χ4v) is 2.59. The zero-order valence-electron chi connectivity index (χ0n) is 11.5. The Balaban J connectivity index is 1.86. The molecule has 0 radical (unpaired) electrons. The third kappa shape index (κ3) is 4.02. The Hall–Kier alpha value is -1.46. The highest BCUT2D eigenvalue weighted by atomic mass is 35.5. The van der Waals surface area contributed by atoms with Crippen LogP contribution < -0.4 is 11.1 Å². The van der Waals surface area contributed by atoms with Gasteiger partial charge < -0.3 is 16.0 Å². The standard InChI is InChI=1S/C14H17Cl2N3O2/c15-10-7-9(8-11(17)13(10)16)14(21)18-4-3-12(20)19-5-1-2-6-19/h7-8H,1-6,17H2,(H,18,21). The first kappa shape index (κ1) is 15.9. The van der Waals surface area contributed by atoms with Crippen molar-refractivity contribution in [2.45, 2.75) is 19.3 Å². The normalized spacial score (nSPS) is 14.3. The topological polar surface area (TPSA) is 75.4 Å². The van der Waals surface area contributed by atoms with Crippen LogP contribution in [0.3, 0.4) is 0 Å². The number of anilines is 1. The van der Waals surface area contributed by atoms with E-state index in [0.29, 0.717) is 12.0 Å². The molecule has 114 valence electrons. The van der Waals surface area contributed by atoms with Crippen molar-refractivity contribution in [1.82, 2.24) is 10.2 Å². The van der Waals surface area contributed by atoms with Crippen molar-refractivity contribution in [2.75, 3.05) is 25.4 Å². The molecule has 1 fully saturated rings. The van der Waals surface area contributed by atoms with Gasteiger partial charge in [-0.1, -0.05) is 23.2 Å². The number of nitrogens with one attached hydrogen (secondary N) is 1. The molecule has 1 saturated heterocycles. The number of carbonyl (C=O) groups excluding carboxylic acids is 2. The van der Waals surface area contributed by atoms with Gasteiger partial charge in [-0.2, -0.15) is 0 Å².